The van der Waals surface area contributed by atoms with E-state index in [-0.39, 0.29) is 11.6 Å². The monoisotopic (exact) mass is 282 g/mol. The van der Waals surface area contributed by atoms with Crippen LogP contribution in [0, 0.1) is 17.1 Å². The lowest BCUT2D eigenvalue weighted by Gasteiger charge is -2.26. The number of nitrogens with one attached hydrogen (secondary N) is 1. The van der Waals surface area contributed by atoms with Gasteiger partial charge in [-0.25, -0.2) is 4.39 Å². The zero-order valence-corrected chi connectivity index (χ0v) is 11.5. The van der Waals surface area contributed by atoms with Crippen molar-refractivity contribution in [3.05, 3.63) is 65.0 Å². The van der Waals surface area contributed by atoms with Crippen LogP contribution in [0.1, 0.15) is 29.2 Å². The molecule has 0 aromatic heterocycles. The van der Waals surface area contributed by atoms with Crippen LogP contribution in [-0.2, 0) is 6.54 Å². The van der Waals surface area contributed by atoms with Gasteiger partial charge >= 0.3 is 0 Å². The van der Waals surface area contributed by atoms with Crippen LogP contribution in [0.4, 0.5) is 4.39 Å². The molecule has 1 atom stereocenters. The zero-order valence-electron chi connectivity index (χ0n) is 11.5. The second kappa shape index (κ2) is 5.94. The van der Waals surface area contributed by atoms with Crippen molar-refractivity contribution in [1.29, 1.82) is 5.26 Å². The van der Waals surface area contributed by atoms with Gasteiger partial charge in [-0.1, -0.05) is 24.3 Å². The van der Waals surface area contributed by atoms with Crippen LogP contribution in [0.3, 0.4) is 0 Å². The number of para-hydroxylation sites is 1. The molecule has 0 amide bonds. The first kappa shape index (κ1) is 13.6. The van der Waals surface area contributed by atoms with Crippen molar-refractivity contribution < 1.29 is 9.13 Å². The number of fused-ring (bicyclic) bond motifs is 1. The average molecular weight is 282 g/mol. The van der Waals surface area contributed by atoms with Crippen molar-refractivity contribution in [1.82, 2.24) is 5.32 Å². The van der Waals surface area contributed by atoms with E-state index in [0.29, 0.717) is 13.2 Å². The molecule has 0 saturated heterocycles. The molecule has 0 radical (unpaired) electrons. The predicted molar refractivity (Wildman–Crippen MR) is 77.2 cm³/mol. The molecule has 0 bridgehead atoms. The normalized spacial score (nSPS) is 16.7. The van der Waals surface area contributed by atoms with Crippen LogP contribution < -0.4 is 10.1 Å². The molecule has 21 heavy (non-hydrogen) atoms. The molecule has 3 nitrogen and oxygen atoms in total. The minimum atomic E-state index is -0.474. The Kier molecular flexibility index (Phi) is 3.85. The summed E-state index contributed by atoms with van der Waals surface area (Å²) in [7, 11) is 0. The molecule has 106 valence electrons. The molecule has 4 heteroatoms. The van der Waals surface area contributed by atoms with Gasteiger partial charge in [0.2, 0.25) is 0 Å². The van der Waals surface area contributed by atoms with E-state index in [4.69, 9.17) is 10.00 Å². The van der Waals surface area contributed by atoms with Crippen LogP contribution in [0.15, 0.2) is 42.5 Å². The van der Waals surface area contributed by atoms with Gasteiger partial charge in [-0.15, -0.1) is 0 Å². The lowest BCUT2D eigenvalue weighted by Crippen LogP contribution is -2.26. The van der Waals surface area contributed by atoms with Gasteiger partial charge in [-0.05, 0) is 23.8 Å². The van der Waals surface area contributed by atoms with Crippen LogP contribution in [-0.4, -0.2) is 6.61 Å². The van der Waals surface area contributed by atoms with Crippen LogP contribution >= 0.6 is 0 Å². The topological polar surface area (TPSA) is 45.0 Å². The average Bonchev–Trinajstić information content (AvgIpc) is 2.54. The second-order valence-electron chi connectivity index (χ2n) is 5.03. The van der Waals surface area contributed by atoms with E-state index in [1.54, 1.807) is 12.1 Å². The van der Waals surface area contributed by atoms with Crippen molar-refractivity contribution in [2.24, 2.45) is 0 Å². The smallest absolute Gasteiger partial charge is 0.140 e. The first-order valence-electron chi connectivity index (χ1n) is 6.91. The highest BCUT2D eigenvalue weighted by Crippen LogP contribution is 2.31. The third kappa shape index (κ3) is 2.88. The highest BCUT2D eigenvalue weighted by Gasteiger charge is 2.20. The van der Waals surface area contributed by atoms with Crippen molar-refractivity contribution in [3.8, 4) is 11.8 Å². The number of hydrogen-bond acceptors (Lipinski definition) is 3. The van der Waals surface area contributed by atoms with Crippen molar-refractivity contribution in [2.75, 3.05) is 6.61 Å². The third-order valence-corrected chi connectivity index (χ3v) is 3.66. The van der Waals surface area contributed by atoms with Gasteiger partial charge in [0, 0.05) is 24.6 Å². The molecule has 0 fully saturated rings. The Morgan fingerprint density at radius 2 is 2.14 bits per heavy atom. The van der Waals surface area contributed by atoms with Crippen molar-refractivity contribution >= 4 is 0 Å². The minimum absolute atomic E-state index is 0.0849. The van der Waals surface area contributed by atoms with Gasteiger partial charge in [0.05, 0.1) is 12.2 Å². The Hall–Kier alpha value is -2.38. The third-order valence-electron chi connectivity index (χ3n) is 3.66. The number of nitrogens with zero attached hydrogens (tertiary/aromatic N) is 1. The molecule has 1 aliphatic heterocycles. The number of halogens is 1. The second-order valence-corrected chi connectivity index (χ2v) is 5.03. The summed E-state index contributed by atoms with van der Waals surface area (Å²) >= 11 is 0. The van der Waals surface area contributed by atoms with Gasteiger partial charge < -0.3 is 10.1 Å². The Balaban J connectivity index is 1.73. The lowest BCUT2D eigenvalue weighted by molar-refractivity contribution is 0.252. The summed E-state index contributed by atoms with van der Waals surface area (Å²) in [5, 5.41) is 12.3. The summed E-state index contributed by atoms with van der Waals surface area (Å²) in [4.78, 5) is 0. The fourth-order valence-electron chi connectivity index (χ4n) is 2.56. The molecule has 1 N–H and O–H groups in total. The molecule has 2 aromatic rings. The van der Waals surface area contributed by atoms with Crippen molar-refractivity contribution in [3.63, 3.8) is 0 Å². The molecular formula is C17H15FN2O. The highest BCUT2D eigenvalue weighted by atomic mass is 19.1. The van der Waals surface area contributed by atoms with Crippen LogP contribution in [0.2, 0.25) is 0 Å². The summed E-state index contributed by atoms with van der Waals surface area (Å²) < 4.78 is 18.9. The molecule has 3 rings (SSSR count). The molecule has 1 unspecified atom stereocenters. The Morgan fingerprint density at radius 3 is 3.00 bits per heavy atom. The molecule has 0 aliphatic carbocycles. The number of ether oxygens (including phenoxy) is 1. The Bertz CT molecular complexity index is 693. The van der Waals surface area contributed by atoms with Crippen LogP contribution in [0.25, 0.3) is 0 Å². The number of rotatable bonds is 3. The quantitative estimate of drug-likeness (QED) is 0.939. The highest BCUT2D eigenvalue weighted by molar-refractivity contribution is 5.38. The molecule has 0 saturated carbocycles. The Labute approximate surface area is 123 Å². The Morgan fingerprint density at radius 1 is 1.29 bits per heavy atom. The summed E-state index contributed by atoms with van der Waals surface area (Å²) in [6.45, 7) is 1.27. The maximum absolute atomic E-state index is 13.3. The maximum atomic E-state index is 13.3. The molecule has 1 heterocycles. The predicted octanol–water partition coefficient (Wildman–Crippen LogP) is 3.31. The molecule has 2 aromatic carbocycles. The fraction of sp³-hybridized carbons (Fsp3) is 0.235. The molecule has 0 spiro atoms. The zero-order chi connectivity index (χ0) is 14.7. The van der Waals surface area contributed by atoms with Gasteiger partial charge in [0.1, 0.15) is 17.6 Å². The van der Waals surface area contributed by atoms with E-state index in [0.717, 1.165) is 23.3 Å². The lowest BCUT2D eigenvalue weighted by atomic mass is 10.00. The number of benzene rings is 2. The van der Waals surface area contributed by atoms with E-state index in [1.165, 1.54) is 6.07 Å². The largest absolute Gasteiger partial charge is 0.493 e. The maximum Gasteiger partial charge on any atom is 0.140 e. The van der Waals surface area contributed by atoms with Gasteiger partial charge in [-0.3, -0.25) is 0 Å². The van der Waals surface area contributed by atoms with E-state index < -0.39 is 5.82 Å². The standard InChI is InChI=1S/C17H15FN2O/c18-15-6-5-12(9-13(15)10-19)11-20-16-7-8-21-17-4-2-1-3-14(16)17/h1-6,9,16,20H,7-8,11H2. The fourth-order valence-corrected chi connectivity index (χ4v) is 2.56. The van der Waals surface area contributed by atoms with Crippen LogP contribution in [0.5, 0.6) is 5.75 Å². The van der Waals surface area contributed by atoms with Crippen molar-refractivity contribution in [2.45, 2.75) is 19.0 Å². The minimum Gasteiger partial charge on any atom is -0.493 e. The molecule has 1 aliphatic rings. The van der Waals surface area contributed by atoms with E-state index in [1.807, 2.05) is 24.3 Å². The summed E-state index contributed by atoms with van der Waals surface area (Å²) in [6, 6.07) is 14.7. The van der Waals surface area contributed by atoms with Gasteiger partial charge in [-0.2, -0.15) is 5.26 Å². The van der Waals surface area contributed by atoms with Gasteiger partial charge in [0.25, 0.3) is 0 Å². The number of nitriles is 1. The first-order chi connectivity index (χ1) is 10.3. The number of hydrogen-bond donors (Lipinski definition) is 1. The summed E-state index contributed by atoms with van der Waals surface area (Å²) in [5.41, 5.74) is 2.13. The van der Waals surface area contributed by atoms with E-state index in [2.05, 4.69) is 11.4 Å². The van der Waals surface area contributed by atoms with Gasteiger partial charge in [0.15, 0.2) is 0 Å². The van der Waals surface area contributed by atoms with E-state index >= 15 is 0 Å². The molecular weight excluding hydrogens is 267 g/mol. The summed E-state index contributed by atoms with van der Waals surface area (Å²) in [5.74, 6) is 0.440. The summed E-state index contributed by atoms with van der Waals surface area (Å²) in [6.07, 6.45) is 0.892. The van der Waals surface area contributed by atoms with E-state index in [9.17, 15) is 4.39 Å². The first-order valence-corrected chi connectivity index (χ1v) is 6.91. The SMILES string of the molecule is N#Cc1cc(CNC2CCOc3ccccc32)ccc1F.